The molecule has 1 aliphatic rings. The third kappa shape index (κ3) is 4.37. The molecule has 0 bridgehead atoms. The molecule has 1 aromatic carbocycles. The van der Waals surface area contributed by atoms with Crippen molar-refractivity contribution >= 4 is 15.9 Å². The van der Waals surface area contributed by atoms with Crippen LogP contribution in [0.2, 0.25) is 0 Å². The molecule has 0 atom stereocenters. The number of rotatable bonds is 7. The average molecular weight is 330 g/mol. The lowest BCUT2D eigenvalue weighted by atomic mass is 10.2. The Morgan fingerprint density at radius 2 is 2.21 bits per heavy atom. The van der Waals surface area contributed by atoms with Crippen LogP contribution in [-0.4, -0.2) is 26.0 Å². The van der Waals surface area contributed by atoms with E-state index in [0.717, 1.165) is 42.1 Å². The number of nitrogens with one attached hydrogen (secondary N) is 1. The van der Waals surface area contributed by atoms with Crippen molar-refractivity contribution in [2.75, 3.05) is 19.9 Å². The maximum atomic E-state index is 5.49. The molecule has 106 valence electrons. The minimum atomic E-state index is 0.303. The molecule has 0 radical (unpaired) electrons. The second-order valence-corrected chi connectivity index (χ2v) is 5.62. The fourth-order valence-electron chi connectivity index (χ4n) is 1.87. The molecule has 2 rings (SSSR count). The zero-order valence-electron chi connectivity index (χ0n) is 11.4. The van der Waals surface area contributed by atoms with Crippen LogP contribution in [0, 0.1) is 0 Å². The lowest BCUT2D eigenvalue weighted by Gasteiger charge is -2.09. The summed E-state index contributed by atoms with van der Waals surface area (Å²) in [5, 5.41) is 3.40. The summed E-state index contributed by atoms with van der Waals surface area (Å²) < 4.78 is 17.2. The van der Waals surface area contributed by atoms with Gasteiger partial charge < -0.3 is 19.5 Å². The number of fused-ring (bicyclic) bond motifs is 1. The molecule has 1 heterocycles. The fourth-order valence-corrected chi connectivity index (χ4v) is 2.48. The second kappa shape index (κ2) is 7.12. The Kier molecular flexibility index (Phi) is 5.48. The van der Waals surface area contributed by atoms with Crippen LogP contribution in [0.25, 0.3) is 0 Å². The van der Waals surface area contributed by atoms with Crippen LogP contribution in [0.15, 0.2) is 16.6 Å². The third-order valence-corrected chi connectivity index (χ3v) is 3.35. The van der Waals surface area contributed by atoms with E-state index in [-0.39, 0.29) is 0 Å². The summed E-state index contributed by atoms with van der Waals surface area (Å²) in [7, 11) is 0. The summed E-state index contributed by atoms with van der Waals surface area (Å²) in [5.74, 6) is 1.61. The molecule has 0 saturated carbocycles. The first-order valence-corrected chi connectivity index (χ1v) is 7.36. The monoisotopic (exact) mass is 329 g/mol. The normalized spacial score (nSPS) is 13.3. The van der Waals surface area contributed by atoms with Gasteiger partial charge >= 0.3 is 0 Å². The molecule has 1 aromatic rings. The van der Waals surface area contributed by atoms with E-state index in [1.807, 2.05) is 6.07 Å². The van der Waals surface area contributed by atoms with Crippen LogP contribution in [0.4, 0.5) is 0 Å². The van der Waals surface area contributed by atoms with Gasteiger partial charge in [0.1, 0.15) is 0 Å². The maximum Gasteiger partial charge on any atom is 0.231 e. The molecule has 4 nitrogen and oxygen atoms in total. The number of hydrogen-bond acceptors (Lipinski definition) is 4. The first kappa shape index (κ1) is 14.6. The number of hydrogen-bond donors (Lipinski definition) is 1. The van der Waals surface area contributed by atoms with E-state index in [9.17, 15) is 0 Å². The first-order valence-electron chi connectivity index (χ1n) is 6.57. The third-order valence-electron chi connectivity index (χ3n) is 2.77. The van der Waals surface area contributed by atoms with Gasteiger partial charge in [-0.3, -0.25) is 0 Å². The molecule has 5 heteroatoms. The topological polar surface area (TPSA) is 39.7 Å². The highest BCUT2D eigenvalue weighted by Crippen LogP contribution is 2.39. The van der Waals surface area contributed by atoms with Gasteiger partial charge in [0.2, 0.25) is 6.79 Å². The number of benzene rings is 1. The van der Waals surface area contributed by atoms with E-state index >= 15 is 0 Å². The highest BCUT2D eigenvalue weighted by Gasteiger charge is 2.17. The van der Waals surface area contributed by atoms with Gasteiger partial charge in [0.05, 0.1) is 10.6 Å². The highest BCUT2D eigenvalue weighted by atomic mass is 79.9. The molecule has 0 fully saturated rings. The molecule has 0 saturated heterocycles. The van der Waals surface area contributed by atoms with Crippen LogP contribution < -0.4 is 14.8 Å². The summed E-state index contributed by atoms with van der Waals surface area (Å²) >= 11 is 3.50. The van der Waals surface area contributed by atoms with Gasteiger partial charge in [-0.2, -0.15) is 0 Å². The zero-order valence-corrected chi connectivity index (χ0v) is 13.0. The van der Waals surface area contributed by atoms with Crippen molar-refractivity contribution in [1.29, 1.82) is 0 Å². The van der Waals surface area contributed by atoms with E-state index in [2.05, 4.69) is 41.2 Å². The summed E-state index contributed by atoms with van der Waals surface area (Å²) in [5.41, 5.74) is 1.18. The van der Waals surface area contributed by atoms with Crippen molar-refractivity contribution < 1.29 is 14.2 Å². The van der Waals surface area contributed by atoms with Gasteiger partial charge in [0.25, 0.3) is 0 Å². The molecule has 0 aliphatic carbocycles. The molecule has 0 amide bonds. The van der Waals surface area contributed by atoms with Crippen LogP contribution >= 0.6 is 15.9 Å². The number of ether oxygens (including phenoxy) is 3. The van der Waals surface area contributed by atoms with E-state index in [0.29, 0.717) is 12.9 Å². The first-order chi connectivity index (χ1) is 9.16. The predicted octanol–water partition coefficient (Wildman–Crippen LogP) is 3.08. The van der Waals surface area contributed by atoms with Crippen molar-refractivity contribution in [3.63, 3.8) is 0 Å². The van der Waals surface area contributed by atoms with Crippen LogP contribution in [-0.2, 0) is 11.3 Å². The van der Waals surface area contributed by atoms with Crippen molar-refractivity contribution in [1.82, 2.24) is 5.32 Å². The van der Waals surface area contributed by atoms with E-state index in [1.54, 1.807) is 0 Å². The largest absolute Gasteiger partial charge is 0.454 e. The van der Waals surface area contributed by atoms with Crippen molar-refractivity contribution in [3.8, 4) is 11.5 Å². The van der Waals surface area contributed by atoms with Gasteiger partial charge in [0.15, 0.2) is 11.5 Å². The summed E-state index contributed by atoms with van der Waals surface area (Å²) in [6.45, 7) is 6.97. The van der Waals surface area contributed by atoms with Crippen LogP contribution in [0.5, 0.6) is 11.5 Å². The predicted molar refractivity (Wildman–Crippen MR) is 77.7 cm³/mol. The molecule has 1 N–H and O–H groups in total. The van der Waals surface area contributed by atoms with Gasteiger partial charge in [-0.1, -0.05) is 0 Å². The molecule has 19 heavy (non-hydrogen) atoms. The van der Waals surface area contributed by atoms with Crippen molar-refractivity contribution in [2.45, 2.75) is 32.9 Å². The van der Waals surface area contributed by atoms with Crippen LogP contribution in [0.3, 0.4) is 0 Å². The summed E-state index contributed by atoms with van der Waals surface area (Å²) in [4.78, 5) is 0. The zero-order chi connectivity index (χ0) is 13.7. The Morgan fingerprint density at radius 1 is 1.37 bits per heavy atom. The summed E-state index contributed by atoms with van der Waals surface area (Å²) in [6, 6.07) is 4.08. The van der Waals surface area contributed by atoms with Crippen molar-refractivity contribution in [2.24, 2.45) is 0 Å². The Hall–Kier alpha value is -0.780. The quantitative estimate of drug-likeness (QED) is 0.780. The Labute approximate surface area is 122 Å². The second-order valence-electron chi connectivity index (χ2n) is 4.76. The minimum absolute atomic E-state index is 0.303. The van der Waals surface area contributed by atoms with Gasteiger partial charge in [0, 0.05) is 13.2 Å². The highest BCUT2D eigenvalue weighted by molar-refractivity contribution is 9.10. The van der Waals surface area contributed by atoms with E-state index in [1.165, 1.54) is 5.56 Å². The Balaban J connectivity index is 1.73. The summed E-state index contributed by atoms with van der Waals surface area (Å²) in [6.07, 6.45) is 1.33. The maximum absolute atomic E-state index is 5.49. The molecule has 0 spiro atoms. The van der Waals surface area contributed by atoms with Gasteiger partial charge in [-0.15, -0.1) is 0 Å². The SMILES string of the molecule is CC(C)OCCCNCc1cc(Br)c2c(c1)OCO2. The van der Waals surface area contributed by atoms with E-state index < -0.39 is 0 Å². The lowest BCUT2D eigenvalue weighted by Crippen LogP contribution is -2.17. The molecular formula is C14H20BrNO3. The average Bonchev–Trinajstić information content (AvgIpc) is 2.82. The fraction of sp³-hybridized carbons (Fsp3) is 0.571. The van der Waals surface area contributed by atoms with Gasteiger partial charge in [-0.05, 0) is 60.4 Å². The Bertz CT molecular complexity index is 423. The van der Waals surface area contributed by atoms with E-state index in [4.69, 9.17) is 14.2 Å². The lowest BCUT2D eigenvalue weighted by molar-refractivity contribution is 0.0770. The minimum Gasteiger partial charge on any atom is -0.454 e. The molecule has 0 aromatic heterocycles. The van der Waals surface area contributed by atoms with Crippen molar-refractivity contribution in [3.05, 3.63) is 22.2 Å². The molecule has 1 aliphatic heterocycles. The molecular weight excluding hydrogens is 310 g/mol. The number of halogens is 1. The smallest absolute Gasteiger partial charge is 0.231 e. The van der Waals surface area contributed by atoms with Gasteiger partial charge in [-0.25, -0.2) is 0 Å². The molecule has 0 unspecified atom stereocenters. The standard InChI is InChI=1S/C14H20BrNO3/c1-10(2)17-5-3-4-16-8-11-6-12(15)14-13(7-11)18-9-19-14/h6-7,10,16H,3-5,8-9H2,1-2H3. The van der Waals surface area contributed by atoms with Crippen LogP contribution in [0.1, 0.15) is 25.8 Å². The Morgan fingerprint density at radius 3 is 3.00 bits per heavy atom.